The highest BCUT2D eigenvalue weighted by Crippen LogP contribution is 2.50. The van der Waals surface area contributed by atoms with E-state index in [4.69, 9.17) is 4.52 Å². The van der Waals surface area contributed by atoms with E-state index in [-0.39, 0.29) is 5.66 Å². The minimum atomic E-state index is -2.27. The zero-order chi connectivity index (χ0) is 8.20. The molecule has 62 valence electrons. The normalized spacial score (nSPS) is 17.3. The Balaban J connectivity index is 4.10. The minimum absolute atomic E-state index is 0.164. The highest BCUT2D eigenvalue weighted by atomic mass is 31.2. The summed E-state index contributed by atoms with van der Waals surface area (Å²) >= 11 is 0. The van der Waals surface area contributed by atoms with Crippen molar-refractivity contribution in [3.8, 4) is 0 Å². The molecule has 10 heavy (non-hydrogen) atoms. The molecule has 0 aromatic carbocycles. The lowest BCUT2D eigenvalue weighted by atomic mass is 10.6. The van der Waals surface area contributed by atoms with Gasteiger partial charge in [0.1, 0.15) is 0 Å². The summed E-state index contributed by atoms with van der Waals surface area (Å²) in [5.74, 6) is 0. The molecule has 0 spiro atoms. The lowest BCUT2D eigenvalue weighted by molar-refractivity contribution is 0.328. The Labute approximate surface area is 63.4 Å². The molecule has 0 aliphatic carbocycles. The fourth-order valence-electron chi connectivity index (χ4n) is 0.824. The second kappa shape index (κ2) is 4.15. The topological polar surface area (TPSA) is 26.3 Å². The maximum atomic E-state index is 11.7. The third kappa shape index (κ3) is 2.43. The van der Waals surface area contributed by atoms with Crippen molar-refractivity contribution in [3.05, 3.63) is 0 Å². The molecule has 0 aromatic heterocycles. The predicted octanol–water partition coefficient (Wildman–Crippen LogP) is 2.73. The van der Waals surface area contributed by atoms with Gasteiger partial charge in [-0.05, 0) is 6.92 Å². The van der Waals surface area contributed by atoms with Crippen LogP contribution in [0.2, 0.25) is 0 Å². The van der Waals surface area contributed by atoms with Crippen molar-refractivity contribution in [1.29, 1.82) is 0 Å². The first-order valence-electron chi connectivity index (χ1n) is 3.80. The lowest BCUT2D eigenvalue weighted by Crippen LogP contribution is -2.03. The average Bonchev–Trinajstić information content (AvgIpc) is 1.88. The largest absolute Gasteiger partial charge is 0.329 e. The van der Waals surface area contributed by atoms with Crippen LogP contribution in [-0.4, -0.2) is 18.4 Å². The van der Waals surface area contributed by atoms with Gasteiger partial charge in [0.05, 0.1) is 6.61 Å². The Kier molecular flexibility index (Phi) is 4.23. The molecule has 0 amide bonds. The first-order valence-corrected chi connectivity index (χ1v) is 5.68. The van der Waals surface area contributed by atoms with Crippen molar-refractivity contribution in [2.45, 2.75) is 33.4 Å². The smallest absolute Gasteiger partial charge is 0.205 e. The summed E-state index contributed by atoms with van der Waals surface area (Å²) in [6, 6.07) is 0. The Morgan fingerprint density at radius 2 is 1.90 bits per heavy atom. The van der Waals surface area contributed by atoms with Crippen LogP contribution in [0.3, 0.4) is 0 Å². The van der Waals surface area contributed by atoms with Crippen molar-refractivity contribution in [1.82, 2.24) is 0 Å². The monoisotopic (exact) mass is 164 g/mol. The second-order valence-electron chi connectivity index (χ2n) is 2.55. The van der Waals surface area contributed by atoms with Crippen LogP contribution >= 0.6 is 7.37 Å². The highest BCUT2D eigenvalue weighted by Gasteiger charge is 2.23. The maximum Gasteiger partial charge on any atom is 0.205 e. The van der Waals surface area contributed by atoms with E-state index in [9.17, 15) is 4.57 Å². The van der Waals surface area contributed by atoms with Crippen LogP contribution in [0.25, 0.3) is 0 Å². The molecule has 1 unspecified atom stereocenters. The molecule has 0 bridgehead atoms. The molecular weight excluding hydrogens is 147 g/mol. The zero-order valence-corrected chi connectivity index (χ0v) is 8.15. The average molecular weight is 164 g/mol. The quantitative estimate of drug-likeness (QED) is 0.597. The van der Waals surface area contributed by atoms with Crippen LogP contribution in [-0.2, 0) is 9.09 Å². The molecule has 2 nitrogen and oxygen atoms in total. The molecule has 0 fully saturated rings. The van der Waals surface area contributed by atoms with Crippen LogP contribution in [0.15, 0.2) is 0 Å². The van der Waals surface area contributed by atoms with Gasteiger partial charge in [0, 0.05) is 11.8 Å². The fraction of sp³-hybridized carbons (Fsp3) is 1.00. The first kappa shape index (κ1) is 10.2. The molecule has 1 atom stereocenters. The van der Waals surface area contributed by atoms with Crippen LogP contribution in [0.1, 0.15) is 27.7 Å². The molecule has 0 radical (unpaired) electrons. The molecule has 0 heterocycles. The zero-order valence-electron chi connectivity index (χ0n) is 7.26. The minimum Gasteiger partial charge on any atom is -0.329 e. The summed E-state index contributed by atoms with van der Waals surface area (Å²) in [4.78, 5) is 0. The van der Waals surface area contributed by atoms with Crippen molar-refractivity contribution < 1.29 is 9.09 Å². The molecule has 0 aromatic rings. The summed E-state index contributed by atoms with van der Waals surface area (Å²) < 4.78 is 16.9. The maximum absolute atomic E-state index is 11.7. The van der Waals surface area contributed by atoms with Gasteiger partial charge < -0.3 is 4.52 Å². The lowest BCUT2D eigenvalue weighted by Gasteiger charge is -2.19. The van der Waals surface area contributed by atoms with Crippen molar-refractivity contribution >= 4 is 7.37 Å². The summed E-state index contributed by atoms with van der Waals surface area (Å²) in [6.45, 7) is 8.24. The molecule has 0 saturated heterocycles. The summed E-state index contributed by atoms with van der Waals surface area (Å²) in [5, 5.41) is 0. The summed E-state index contributed by atoms with van der Waals surface area (Å²) in [6.07, 6.45) is 0.651. The third-order valence-corrected chi connectivity index (χ3v) is 4.73. The fourth-order valence-corrected chi connectivity index (χ4v) is 2.47. The van der Waals surface area contributed by atoms with Gasteiger partial charge in [-0.3, -0.25) is 4.57 Å². The molecule has 0 N–H and O–H groups in total. The van der Waals surface area contributed by atoms with Crippen LogP contribution < -0.4 is 0 Å². The van der Waals surface area contributed by atoms with E-state index in [0.29, 0.717) is 12.8 Å². The van der Waals surface area contributed by atoms with Crippen LogP contribution in [0.4, 0.5) is 0 Å². The Morgan fingerprint density at radius 3 is 2.00 bits per heavy atom. The van der Waals surface area contributed by atoms with Gasteiger partial charge in [-0.2, -0.15) is 0 Å². The van der Waals surface area contributed by atoms with Gasteiger partial charge in [-0.15, -0.1) is 0 Å². The van der Waals surface area contributed by atoms with Crippen LogP contribution in [0.5, 0.6) is 0 Å². The van der Waals surface area contributed by atoms with E-state index in [1.54, 1.807) is 0 Å². The Bertz CT molecular complexity index is 132. The van der Waals surface area contributed by atoms with Crippen molar-refractivity contribution in [2.24, 2.45) is 0 Å². The van der Waals surface area contributed by atoms with E-state index < -0.39 is 7.37 Å². The molecule has 0 rings (SSSR count). The molecular formula is C7H17O2P. The standard InChI is InChI=1S/C7H17O2P/c1-5-9-10(8,6-2)7(3)4/h7H,5-6H2,1-4H3. The van der Waals surface area contributed by atoms with E-state index in [1.165, 1.54) is 0 Å². The van der Waals surface area contributed by atoms with Crippen molar-refractivity contribution in [3.63, 3.8) is 0 Å². The number of hydrogen-bond acceptors (Lipinski definition) is 2. The highest BCUT2D eigenvalue weighted by molar-refractivity contribution is 7.59. The second-order valence-corrected chi connectivity index (χ2v) is 5.93. The summed E-state index contributed by atoms with van der Waals surface area (Å²) in [7, 11) is -2.27. The van der Waals surface area contributed by atoms with Gasteiger partial charge >= 0.3 is 0 Å². The van der Waals surface area contributed by atoms with Gasteiger partial charge in [0.2, 0.25) is 7.37 Å². The molecule has 0 aliphatic heterocycles. The number of rotatable bonds is 4. The van der Waals surface area contributed by atoms with E-state index in [1.807, 2.05) is 27.7 Å². The molecule has 0 saturated carbocycles. The van der Waals surface area contributed by atoms with Gasteiger partial charge in [-0.25, -0.2) is 0 Å². The summed E-state index contributed by atoms with van der Waals surface area (Å²) in [5.41, 5.74) is 0.164. The Morgan fingerprint density at radius 1 is 1.40 bits per heavy atom. The van der Waals surface area contributed by atoms with E-state index in [2.05, 4.69) is 0 Å². The van der Waals surface area contributed by atoms with Crippen LogP contribution in [0, 0.1) is 0 Å². The number of hydrogen-bond donors (Lipinski definition) is 0. The predicted molar refractivity (Wildman–Crippen MR) is 44.9 cm³/mol. The molecule has 0 aliphatic rings. The Hall–Kier alpha value is 0.190. The van der Waals surface area contributed by atoms with Gasteiger partial charge in [0.25, 0.3) is 0 Å². The van der Waals surface area contributed by atoms with Crippen molar-refractivity contribution in [2.75, 3.05) is 12.8 Å². The van der Waals surface area contributed by atoms with E-state index >= 15 is 0 Å². The van der Waals surface area contributed by atoms with Gasteiger partial charge in [0.15, 0.2) is 0 Å². The van der Waals surface area contributed by atoms with Gasteiger partial charge in [-0.1, -0.05) is 20.8 Å². The molecule has 3 heteroatoms. The third-order valence-electron chi connectivity index (χ3n) is 1.58. The van der Waals surface area contributed by atoms with E-state index in [0.717, 1.165) is 0 Å². The first-order chi connectivity index (χ1) is 4.56. The SMILES string of the molecule is CCOP(=O)(CC)C(C)C.